The van der Waals surface area contributed by atoms with E-state index in [0.717, 1.165) is 27.7 Å². The lowest BCUT2D eigenvalue weighted by Crippen LogP contribution is -2.46. The summed E-state index contributed by atoms with van der Waals surface area (Å²) in [7, 11) is 1.67. The molecule has 0 saturated heterocycles. The smallest absolute Gasteiger partial charge is 0.144 e. The molecule has 3 nitrogen and oxygen atoms in total. The first-order valence-electron chi connectivity index (χ1n) is 5.23. The van der Waals surface area contributed by atoms with Crippen LogP contribution in [0.15, 0.2) is 12.1 Å². The summed E-state index contributed by atoms with van der Waals surface area (Å²) in [5.41, 5.74) is 2.91. The van der Waals surface area contributed by atoms with Gasteiger partial charge in [0.15, 0.2) is 0 Å². The molecule has 2 N–H and O–H groups in total. The Labute approximate surface area is 101 Å². The van der Waals surface area contributed by atoms with Crippen LogP contribution in [0.3, 0.4) is 0 Å². The first kappa shape index (κ1) is 11.2. The average molecular weight is 236 g/mol. The van der Waals surface area contributed by atoms with Gasteiger partial charge in [0.05, 0.1) is 18.3 Å². The molecule has 0 bridgehead atoms. The largest absolute Gasteiger partial charge is 0.495 e. The predicted octanol–water partition coefficient (Wildman–Crippen LogP) is 2.95. The molecule has 16 heavy (non-hydrogen) atoms. The Hall–Kier alpha value is -1.29. The molecule has 0 saturated carbocycles. The molecule has 86 valence electrons. The van der Waals surface area contributed by atoms with Crippen molar-refractivity contribution in [1.29, 1.82) is 0 Å². The monoisotopic (exact) mass is 236 g/mol. The zero-order valence-corrected chi connectivity index (χ0v) is 10.8. The number of ether oxygens (including phenoxy) is 1. The second kappa shape index (κ2) is 3.63. The number of hydrogen-bond donors (Lipinski definition) is 2. The molecule has 0 unspecified atom stereocenters. The van der Waals surface area contributed by atoms with Gasteiger partial charge in [0, 0.05) is 0 Å². The Bertz CT molecular complexity index is 455. The number of anilines is 2. The highest BCUT2D eigenvalue weighted by atomic mass is 32.1. The van der Waals surface area contributed by atoms with Gasteiger partial charge in [-0.25, -0.2) is 0 Å². The molecule has 4 heteroatoms. The van der Waals surface area contributed by atoms with Gasteiger partial charge in [-0.15, -0.1) is 0 Å². The molecule has 0 amide bonds. The Kier molecular flexibility index (Phi) is 2.54. The van der Waals surface area contributed by atoms with E-state index in [9.17, 15) is 0 Å². The fourth-order valence-corrected chi connectivity index (χ4v) is 1.94. The SMILES string of the molecule is COc1ccc(C)c2c1NC(C)(C)C(=S)N2. The van der Waals surface area contributed by atoms with Gasteiger partial charge in [0.1, 0.15) is 16.4 Å². The molecule has 0 aliphatic carbocycles. The summed E-state index contributed by atoms with van der Waals surface area (Å²) < 4.78 is 5.35. The van der Waals surface area contributed by atoms with Crippen molar-refractivity contribution in [3.05, 3.63) is 17.7 Å². The van der Waals surface area contributed by atoms with Crippen LogP contribution in [0, 0.1) is 6.92 Å². The highest BCUT2D eigenvalue weighted by molar-refractivity contribution is 7.80. The summed E-state index contributed by atoms with van der Waals surface area (Å²) in [5, 5.41) is 6.70. The normalized spacial score (nSPS) is 17.1. The van der Waals surface area contributed by atoms with Gasteiger partial charge >= 0.3 is 0 Å². The minimum atomic E-state index is -0.247. The number of fused-ring (bicyclic) bond motifs is 1. The van der Waals surface area contributed by atoms with Crippen LogP contribution in [-0.2, 0) is 0 Å². The number of aryl methyl sites for hydroxylation is 1. The number of hydrogen-bond acceptors (Lipinski definition) is 3. The van der Waals surface area contributed by atoms with Crippen molar-refractivity contribution in [2.75, 3.05) is 17.7 Å². The molecular weight excluding hydrogens is 220 g/mol. The van der Waals surface area contributed by atoms with Crippen LogP contribution in [-0.4, -0.2) is 17.6 Å². The first-order chi connectivity index (χ1) is 7.45. The van der Waals surface area contributed by atoms with Crippen molar-refractivity contribution in [1.82, 2.24) is 0 Å². The van der Waals surface area contributed by atoms with Crippen LogP contribution < -0.4 is 15.4 Å². The lowest BCUT2D eigenvalue weighted by Gasteiger charge is -2.36. The van der Waals surface area contributed by atoms with Crippen molar-refractivity contribution in [3.63, 3.8) is 0 Å². The van der Waals surface area contributed by atoms with Gasteiger partial charge in [-0.1, -0.05) is 18.3 Å². The molecule has 1 aliphatic rings. The standard InChI is InChI=1S/C12H16N2OS/c1-7-5-6-8(15-4)10-9(7)13-11(16)12(2,3)14-10/h5-6,14H,1-4H3,(H,13,16). The maximum atomic E-state index is 5.35. The molecule has 2 rings (SSSR count). The van der Waals surface area contributed by atoms with E-state index in [0.29, 0.717) is 0 Å². The van der Waals surface area contributed by atoms with E-state index in [1.807, 2.05) is 32.9 Å². The Morgan fingerprint density at radius 1 is 1.25 bits per heavy atom. The van der Waals surface area contributed by atoms with Gasteiger partial charge in [-0.05, 0) is 32.4 Å². The number of rotatable bonds is 1. The molecule has 1 aromatic rings. The van der Waals surface area contributed by atoms with Crippen LogP contribution >= 0.6 is 12.2 Å². The van der Waals surface area contributed by atoms with Crippen molar-refractivity contribution >= 4 is 28.6 Å². The number of methoxy groups -OCH3 is 1. The maximum Gasteiger partial charge on any atom is 0.144 e. The Morgan fingerprint density at radius 2 is 1.94 bits per heavy atom. The maximum absolute atomic E-state index is 5.35. The predicted molar refractivity (Wildman–Crippen MR) is 71.7 cm³/mol. The summed E-state index contributed by atoms with van der Waals surface area (Å²) in [5.74, 6) is 0.837. The van der Waals surface area contributed by atoms with Crippen LogP contribution in [0.4, 0.5) is 11.4 Å². The fourth-order valence-electron chi connectivity index (χ4n) is 1.78. The van der Waals surface area contributed by atoms with E-state index >= 15 is 0 Å². The van der Waals surface area contributed by atoms with E-state index < -0.39 is 0 Å². The van der Waals surface area contributed by atoms with Gasteiger partial charge in [0.25, 0.3) is 0 Å². The number of nitrogens with one attached hydrogen (secondary N) is 2. The van der Waals surface area contributed by atoms with E-state index in [-0.39, 0.29) is 5.54 Å². The molecule has 1 aliphatic heterocycles. The second-order valence-corrected chi connectivity index (χ2v) is 4.95. The van der Waals surface area contributed by atoms with Crippen LogP contribution in [0.2, 0.25) is 0 Å². The molecule has 1 heterocycles. The van der Waals surface area contributed by atoms with E-state index in [1.54, 1.807) is 7.11 Å². The van der Waals surface area contributed by atoms with Crippen molar-refractivity contribution in [3.8, 4) is 5.75 Å². The first-order valence-corrected chi connectivity index (χ1v) is 5.64. The minimum absolute atomic E-state index is 0.247. The topological polar surface area (TPSA) is 33.3 Å². The lowest BCUT2D eigenvalue weighted by molar-refractivity contribution is 0.415. The highest BCUT2D eigenvalue weighted by Crippen LogP contribution is 2.40. The van der Waals surface area contributed by atoms with Crippen LogP contribution in [0.25, 0.3) is 0 Å². The van der Waals surface area contributed by atoms with Crippen molar-refractivity contribution in [2.24, 2.45) is 0 Å². The number of thiocarbonyl (C=S) groups is 1. The molecule has 0 radical (unpaired) electrons. The molecule has 0 fully saturated rings. The fraction of sp³-hybridized carbons (Fsp3) is 0.417. The summed E-state index contributed by atoms with van der Waals surface area (Å²) in [4.78, 5) is 0.802. The van der Waals surface area contributed by atoms with Gasteiger partial charge in [-0.3, -0.25) is 0 Å². The minimum Gasteiger partial charge on any atom is -0.495 e. The quantitative estimate of drug-likeness (QED) is 0.735. The van der Waals surface area contributed by atoms with E-state index in [2.05, 4.69) is 10.6 Å². The summed E-state index contributed by atoms with van der Waals surface area (Å²) in [6, 6.07) is 3.99. The lowest BCUT2D eigenvalue weighted by atomic mass is 9.99. The summed E-state index contributed by atoms with van der Waals surface area (Å²) >= 11 is 5.34. The Balaban J connectivity index is 2.58. The van der Waals surface area contributed by atoms with Crippen molar-refractivity contribution < 1.29 is 4.74 Å². The van der Waals surface area contributed by atoms with Crippen LogP contribution in [0.5, 0.6) is 5.75 Å². The third kappa shape index (κ3) is 1.63. The van der Waals surface area contributed by atoms with Gasteiger partial charge in [0.2, 0.25) is 0 Å². The van der Waals surface area contributed by atoms with E-state index in [1.165, 1.54) is 0 Å². The second-order valence-electron chi connectivity index (χ2n) is 4.54. The summed E-state index contributed by atoms with van der Waals surface area (Å²) in [6.07, 6.45) is 0. The average Bonchev–Trinajstić information content (AvgIpc) is 2.21. The number of benzene rings is 1. The van der Waals surface area contributed by atoms with E-state index in [4.69, 9.17) is 17.0 Å². The Morgan fingerprint density at radius 3 is 2.56 bits per heavy atom. The zero-order valence-electron chi connectivity index (χ0n) is 9.97. The van der Waals surface area contributed by atoms with Crippen LogP contribution in [0.1, 0.15) is 19.4 Å². The molecule has 1 aromatic carbocycles. The molecule has 0 spiro atoms. The molecular formula is C12H16N2OS. The third-order valence-electron chi connectivity index (χ3n) is 2.84. The molecule has 0 aromatic heterocycles. The molecule has 0 atom stereocenters. The zero-order chi connectivity index (χ0) is 11.9. The van der Waals surface area contributed by atoms with Crippen molar-refractivity contribution in [2.45, 2.75) is 26.3 Å². The summed E-state index contributed by atoms with van der Waals surface area (Å²) in [6.45, 7) is 6.15. The highest BCUT2D eigenvalue weighted by Gasteiger charge is 2.31. The van der Waals surface area contributed by atoms with Gasteiger partial charge in [-0.2, -0.15) is 0 Å². The van der Waals surface area contributed by atoms with Gasteiger partial charge < -0.3 is 15.4 Å². The third-order valence-corrected chi connectivity index (χ3v) is 3.45.